The van der Waals surface area contributed by atoms with Gasteiger partial charge in [0, 0.05) is 19.4 Å². The van der Waals surface area contributed by atoms with Gasteiger partial charge in [-0.25, -0.2) is 0 Å². The molecule has 0 aromatic carbocycles. The zero-order valence-electron chi connectivity index (χ0n) is 10.9. The van der Waals surface area contributed by atoms with Crippen molar-refractivity contribution in [3.05, 3.63) is 23.2 Å². The highest BCUT2D eigenvalue weighted by atomic mass is 16.4. The minimum Gasteiger partial charge on any atom is -0.481 e. The predicted octanol–water partition coefficient (Wildman–Crippen LogP) is 1.99. The molecule has 1 heterocycles. The Balaban J connectivity index is 2.52. The van der Waals surface area contributed by atoms with Gasteiger partial charge in [-0.05, 0) is 24.5 Å². The fourth-order valence-corrected chi connectivity index (χ4v) is 1.71. The lowest BCUT2D eigenvalue weighted by atomic mass is 10.1. The summed E-state index contributed by atoms with van der Waals surface area (Å²) in [5.74, 6) is -0.173. The van der Waals surface area contributed by atoms with Crippen LogP contribution in [0.25, 0.3) is 0 Å². The topological polar surface area (TPSA) is 79.5 Å². The van der Waals surface area contributed by atoms with Crippen LogP contribution >= 0.6 is 0 Å². The number of hydrogen-bond acceptors (Lipinski definition) is 3. The molecule has 0 aliphatic heterocycles. The van der Waals surface area contributed by atoms with Crippen molar-refractivity contribution in [1.82, 2.24) is 5.32 Å². The maximum absolute atomic E-state index is 11.8. The van der Waals surface area contributed by atoms with Gasteiger partial charge in [-0.2, -0.15) is 0 Å². The second-order valence-electron chi connectivity index (χ2n) is 4.48. The van der Waals surface area contributed by atoms with E-state index in [2.05, 4.69) is 5.32 Å². The van der Waals surface area contributed by atoms with E-state index in [0.717, 1.165) is 17.7 Å². The molecule has 1 aromatic rings. The number of hydrogen-bond donors (Lipinski definition) is 2. The highest BCUT2D eigenvalue weighted by molar-refractivity contribution is 5.91. The summed E-state index contributed by atoms with van der Waals surface area (Å²) in [4.78, 5) is 22.2. The molecular weight excluding hydrogens is 234 g/mol. The van der Waals surface area contributed by atoms with Crippen molar-refractivity contribution < 1.29 is 19.1 Å². The molecule has 5 nitrogen and oxygen atoms in total. The highest BCUT2D eigenvalue weighted by Gasteiger charge is 2.15. The van der Waals surface area contributed by atoms with Crippen LogP contribution < -0.4 is 5.32 Å². The molecule has 0 radical (unpaired) electrons. The van der Waals surface area contributed by atoms with Gasteiger partial charge in [-0.1, -0.05) is 13.8 Å². The van der Waals surface area contributed by atoms with Crippen LogP contribution in [-0.4, -0.2) is 23.5 Å². The Morgan fingerprint density at radius 2 is 2.17 bits per heavy atom. The zero-order chi connectivity index (χ0) is 13.7. The van der Waals surface area contributed by atoms with E-state index in [1.807, 2.05) is 13.8 Å². The first-order valence-corrected chi connectivity index (χ1v) is 6.03. The summed E-state index contributed by atoms with van der Waals surface area (Å²) < 4.78 is 5.41. The van der Waals surface area contributed by atoms with E-state index in [4.69, 9.17) is 9.52 Å². The van der Waals surface area contributed by atoms with Crippen LogP contribution in [0.4, 0.5) is 0 Å². The van der Waals surface area contributed by atoms with E-state index >= 15 is 0 Å². The van der Waals surface area contributed by atoms with Crippen LogP contribution in [0.5, 0.6) is 0 Å². The fourth-order valence-electron chi connectivity index (χ4n) is 1.71. The summed E-state index contributed by atoms with van der Waals surface area (Å²) in [5, 5.41) is 11.3. The van der Waals surface area contributed by atoms with Crippen molar-refractivity contribution in [3.63, 3.8) is 0 Å². The van der Waals surface area contributed by atoms with Gasteiger partial charge in [0.15, 0.2) is 5.76 Å². The summed E-state index contributed by atoms with van der Waals surface area (Å²) in [6.45, 7) is 5.96. The van der Waals surface area contributed by atoms with Crippen molar-refractivity contribution in [2.45, 2.75) is 33.6 Å². The minimum absolute atomic E-state index is 0.0394. The number of nitrogens with one attached hydrogen (secondary N) is 1. The van der Waals surface area contributed by atoms with Gasteiger partial charge in [-0.3, -0.25) is 9.59 Å². The summed E-state index contributed by atoms with van der Waals surface area (Å²) in [5.41, 5.74) is 0.959. The first-order chi connectivity index (χ1) is 8.43. The Kier molecular flexibility index (Phi) is 4.95. The number of carboxylic acids is 1. The zero-order valence-corrected chi connectivity index (χ0v) is 10.9. The van der Waals surface area contributed by atoms with Crippen LogP contribution in [-0.2, 0) is 11.2 Å². The first kappa shape index (κ1) is 14.3. The Morgan fingerprint density at radius 3 is 2.67 bits per heavy atom. The van der Waals surface area contributed by atoms with Crippen LogP contribution in [0.3, 0.4) is 0 Å². The highest BCUT2D eigenvalue weighted by Crippen LogP contribution is 2.15. The van der Waals surface area contributed by atoms with Gasteiger partial charge < -0.3 is 14.8 Å². The molecule has 0 bridgehead atoms. The SMILES string of the molecule is CCc1oc(C(=O)NCC(C)CC(=O)O)cc1C. The molecule has 0 spiro atoms. The maximum atomic E-state index is 11.8. The van der Waals surface area contributed by atoms with Crippen molar-refractivity contribution >= 4 is 11.9 Å². The quantitative estimate of drug-likeness (QED) is 0.812. The first-order valence-electron chi connectivity index (χ1n) is 6.03. The van der Waals surface area contributed by atoms with Crippen molar-refractivity contribution in [1.29, 1.82) is 0 Å². The summed E-state index contributed by atoms with van der Waals surface area (Å²) in [6.07, 6.45) is 0.784. The summed E-state index contributed by atoms with van der Waals surface area (Å²) in [7, 11) is 0. The van der Waals surface area contributed by atoms with E-state index in [1.165, 1.54) is 0 Å². The number of carbonyl (C=O) groups is 2. The van der Waals surface area contributed by atoms with Crippen molar-refractivity contribution in [2.75, 3.05) is 6.54 Å². The van der Waals surface area contributed by atoms with Gasteiger partial charge in [-0.15, -0.1) is 0 Å². The van der Waals surface area contributed by atoms with Crippen molar-refractivity contribution in [3.8, 4) is 0 Å². The normalized spacial score (nSPS) is 12.2. The number of carboxylic acid groups (broad SMARTS) is 1. The molecule has 18 heavy (non-hydrogen) atoms. The number of furan rings is 1. The molecule has 5 heteroatoms. The van der Waals surface area contributed by atoms with E-state index in [9.17, 15) is 9.59 Å². The Morgan fingerprint density at radius 1 is 1.50 bits per heavy atom. The van der Waals surface area contributed by atoms with Crippen molar-refractivity contribution in [2.24, 2.45) is 5.92 Å². The van der Waals surface area contributed by atoms with E-state index < -0.39 is 5.97 Å². The third kappa shape index (κ3) is 3.91. The Hall–Kier alpha value is -1.78. The Labute approximate surface area is 106 Å². The molecular formula is C13H19NO4. The van der Waals surface area contributed by atoms with Crippen LogP contribution in [0, 0.1) is 12.8 Å². The van der Waals surface area contributed by atoms with Gasteiger partial charge in [0.05, 0.1) is 0 Å². The van der Waals surface area contributed by atoms with Crippen LogP contribution in [0.2, 0.25) is 0 Å². The summed E-state index contributed by atoms with van der Waals surface area (Å²) in [6, 6.07) is 1.70. The van der Waals surface area contributed by atoms with Crippen LogP contribution in [0.1, 0.15) is 42.1 Å². The second-order valence-corrected chi connectivity index (χ2v) is 4.48. The van der Waals surface area contributed by atoms with Gasteiger partial charge in [0.25, 0.3) is 5.91 Å². The van der Waals surface area contributed by atoms with Crippen LogP contribution in [0.15, 0.2) is 10.5 Å². The fraction of sp³-hybridized carbons (Fsp3) is 0.538. The maximum Gasteiger partial charge on any atom is 0.303 e. The molecule has 1 unspecified atom stereocenters. The molecule has 100 valence electrons. The minimum atomic E-state index is -0.862. The number of rotatable bonds is 6. The van der Waals surface area contributed by atoms with Gasteiger partial charge >= 0.3 is 5.97 Å². The average Bonchev–Trinajstić information content (AvgIpc) is 2.66. The lowest BCUT2D eigenvalue weighted by Crippen LogP contribution is -2.28. The van der Waals surface area contributed by atoms with Gasteiger partial charge in [0.2, 0.25) is 0 Å². The molecule has 0 saturated carbocycles. The molecule has 0 fully saturated rings. The molecule has 0 aliphatic carbocycles. The summed E-state index contributed by atoms with van der Waals surface area (Å²) >= 11 is 0. The largest absolute Gasteiger partial charge is 0.481 e. The number of carbonyl (C=O) groups excluding carboxylic acids is 1. The molecule has 1 rings (SSSR count). The third-order valence-electron chi connectivity index (χ3n) is 2.70. The van der Waals surface area contributed by atoms with Gasteiger partial charge in [0.1, 0.15) is 5.76 Å². The predicted molar refractivity (Wildman–Crippen MR) is 66.6 cm³/mol. The standard InChI is InChI=1S/C13H19NO4/c1-4-10-9(3)6-11(18-10)13(17)14-7-8(2)5-12(15)16/h6,8H,4-5,7H2,1-3H3,(H,14,17)(H,15,16). The molecule has 1 amide bonds. The lowest BCUT2D eigenvalue weighted by molar-refractivity contribution is -0.137. The van der Waals surface area contributed by atoms with E-state index in [1.54, 1.807) is 13.0 Å². The van der Waals surface area contributed by atoms with E-state index in [0.29, 0.717) is 6.54 Å². The second kappa shape index (κ2) is 6.23. The monoisotopic (exact) mass is 253 g/mol. The number of aliphatic carboxylic acids is 1. The van der Waals surface area contributed by atoms with E-state index in [-0.39, 0.29) is 24.0 Å². The molecule has 0 saturated heterocycles. The average molecular weight is 253 g/mol. The lowest BCUT2D eigenvalue weighted by Gasteiger charge is -2.08. The molecule has 2 N–H and O–H groups in total. The molecule has 1 atom stereocenters. The Bertz CT molecular complexity index is 436. The number of aryl methyl sites for hydroxylation is 2. The smallest absolute Gasteiger partial charge is 0.303 e. The number of amides is 1. The molecule has 0 aliphatic rings. The third-order valence-corrected chi connectivity index (χ3v) is 2.70. The molecule has 1 aromatic heterocycles.